The molecule has 1 aliphatic rings. The largest absolute Gasteiger partial charge is 0.330 e. The molecule has 132 valence electrons. The van der Waals surface area contributed by atoms with Crippen LogP contribution >= 0.6 is 0 Å². The molecule has 2 aromatic rings. The van der Waals surface area contributed by atoms with Gasteiger partial charge in [0.25, 0.3) is 5.91 Å². The van der Waals surface area contributed by atoms with E-state index in [0.29, 0.717) is 5.69 Å². The van der Waals surface area contributed by atoms with Gasteiger partial charge in [-0.05, 0) is 51.4 Å². The van der Waals surface area contributed by atoms with Crippen LogP contribution in [0.25, 0.3) is 0 Å². The molecule has 0 saturated carbocycles. The normalized spacial score (nSPS) is 17.8. The lowest BCUT2D eigenvalue weighted by Gasteiger charge is -2.36. The fourth-order valence-corrected chi connectivity index (χ4v) is 3.38. The lowest BCUT2D eigenvalue weighted by Crippen LogP contribution is -2.39. The maximum Gasteiger partial charge on any atom is 0.274 e. The molecule has 1 fully saturated rings. The molecule has 5 nitrogen and oxygen atoms in total. The molecule has 25 heavy (non-hydrogen) atoms. The molecule has 0 spiro atoms. The summed E-state index contributed by atoms with van der Waals surface area (Å²) in [4.78, 5) is 25.5. The third kappa shape index (κ3) is 4.23. The Morgan fingerprint density at radius 3 is 2.56 bits per heavy atom. The predicted molar refractivity (Wildman–Crippen MR) is 98.2 cm³/mol. The van der Waals surface area contributed by atoms with Crippen molar-refractivity contribution in [1.29, 1.82) is 0 Å². The molecule has 1 amide bonds. The summed E-state index contributed by atoms with van der Waals surface area (Å²) in [6.45, 7) is 3.57. The number of nitrogens with zero attached hydrogens (tertiary/aromatic N) is 4. The molecule has 0 unspecified atom stereocenters. The Kier molecular flexibility index (Phi) is 5.43. The zero-order valence-electron chi connectivity index (χ0n) is 15.3. The Labute approximate surface area is 149 Å². The summed E-state index contributed by atoms with van der Waals surface area (Å²) in [5.41, 5.74) is 3.74. The first-order valence-corrected chi connectivity index (χ1v) is 8.88. The van der Waals surface area contributed by atoms with Crippen LogP contribution in [0.3, 0.4) is 0 Å². The van der Waals surface area contributed by atoms with E-state index in [4.69, 9.17) is 0 Å². The highest BCUT2D eigenvalue weighted by Gasteiger charge is 2.29. The SMILES string of the molecule is Cc1cnc(C(=O)N2CCCC[C@@H]2c2ccc(CN(C)C)cc2)cn1. The molecule has 0 N–H and O–H groups in total. The highest BCUT2D eigenvalue weighted by molar-refractivity contribution is 5.92. The van der Waals surface area contributed by atoms with Crippen molar-refractivity contribution in [2.75, 3.05) is 20.6 Å². The van der Waals surface area contributed by atoms with Crippen LogP contribution in [0.4, 0.5) is 0 Å². The zero-order chi connectivity index (χ0) is 17.8. The van der Waals surface area contributed by atoms with Crippen molar-refractivity contribution in [2.24, 2.45) is 0 Å². The zero-order valence-corrected chi connectivity index (χ0v) is 15.3. The summed E-state index contributed by atoms with van der Waals surface area (Å²) in [5.74, 6) is -0.0189. The first-order chi connectivity index (χ1) is 12.0. The number of hydrogen-bond acceptors (Lipinski definition) is 4. The van der Waals surface area contributed by atoms with E-state index in [9.17, 15) is 4.79 Å². The summed E-state index contributed by atoms with van der Waals surface area (Å²) in [7, 11) is 4.14. The Bertz CT molecular complexity index is 709. The van der Waals surface area contributed by atoms with Crippen LogP contribution in [0.1, 0.15) is 52.6 Å². The van der Waals surface area contributed by atoms with Gasteiger partial charge in [0.05, 0.1) is 17.9 Å². The molecule has 0 bridgehead atoms. The summed E-state index contributed by atoms with van der Waals surface area (Å²) in [6.07, 6.45) is 6.43. The number of carbonyl (C=O) groups is 1. The Morgan fingerprint density at radius 1 is 1.16 bits per heavy atom. The minimum Gasteiger partial charge on any atom is -0.330 e. The van der Waals surface area contributed by atoms with E-state index >= 15 is 0 Å². The van der Waals surface area contributed by atoms with E-state index in [1.807, 2.05) is 11.8 Å². The number of aryl methyl sites for hydroxylation is 1. The number of hydrogen-bond donors (Lipinski definition) is 0. The molecule has 1 saturated heterocycles. The van der Waals surface area contributed by atoms with Gasteiger partial charge in [0, 0.05) is 19.3 Å². The lowest BCUT2D eigenvalue weighted by molar-refractivity contribution is 0.0605. The van der Waals surface area contributed by atoms with Crippen molar-refractivity contribution in [3.05, 3.63) is 59.2 Å². The van der Waals surface area contributed by atoms with Gasteiger partial charge in [-0.2, -0.15) is 0 Å². The van der Waals surface area contributed by atoms with E-state index in [0.717, 1.165) is 38.0 Å². The quantitative estimate of drug-likeness (QED) is 0.859. The van der Waals surface area contributed by atoms with Crippen LogP contribution in [0, 0.1) is 6.92 Å². The second kappa shape index (κ2) is 7.74. The standard InChI is InChI=1S/C20H26N4O/c1-15-12-22-18(13-21-15)20(25)24-11-5-4-6-19(24)17-9-7-16(8-10-17)14-23(2)3/h7-10,12-13,19H,4-6,11,14H2,1-3H3/t19-/m1/s1. The van der Waals surface area contributed by atoms with Gasteiger partial charge in [-0.1, -0.05) is 24.3 Å². The van der Waals surface area contributed by atoms with Gasteiger partial charge in [-0.3, -0.25) is 9.78 Å². The monoisotopic (exact) mass is 338 g/mol. The minimum absolute atomic E-state index is 0.0189. The Hall–Kier alpha value is -2.27. The van der Waals surface area contributed by atoms with Crippen molar-refractivity contribution in [1.82, 2.24) is 19.8 Å². The fraction of sp³-hybridized carbons (Fsp3) is 0.450. The van der Waals surface area contributed by atoms with Crippen LogP contribution < -0.4 is 0 Å². The van der Waals surface area contributed by atoms with Crippen LogP contribution in [0.5, 0.6) is 0 Å². The average molecular weight is 338 g/mol. The number of carbonyl (C=O) groups excluding carboxylic acids is 1. The van der Waals surface area contributed by atoms with E-state index in [1.165, 1.54) is 11.1 Å². The minimum atomic E-state index is -0.0189. The molecule has 1 aliphatic heterocycles. The molecule has 0 aliphatic carbocycles. The summed E-state index contributed by atoms with van der Waals surface area (Å²) in [6, 6.07) is 8.78. The Balaban J connectivity index is 1.80. The maximum absolute atomic E-state index is 12.9. The highest BCUT2D eigenvalue weighted by atomic mass is 16.2. The van der Waals surface area contributed by atoms with Crippen molar-refractivity contribution < 1.29 is 4.79 Å². The van der Waals surface area contributed by atoms with Gasteiger partial charge in [-0.15, -0.1) is 0 Å². The number of likely N-dealkylation sites (tertiary alicyclic amines) is 1. The molecule has 1 aromatic carbocycles. The smallest absolute Gasteiger partial charge is 0.274 e. The van der Waals surface area contributed by atoms with Crippen LogP contribution in [0.15, 0.2) is 36.7 Å². The number of rotatable bonds is 4. The topological polar surface area (TPSA) is 49.3 Å². The number of aromatic nitrogens is 2. The third-order valence-electron chi connectivity index (χ3n) is 4.63. The summed E-state index contributed by atoms with van der Waals surface area (Å²) in [5, 5.41) is 0. The molecule has 1 atom stereocenters. The van der Waals surface area contributed by atoms with Gasteiger partial charge < -0.3 is 9.80 Å². The molecule has 5 heteroatoms. The van der Waals surface area contributed by atoms with Crippen molar-refractivity contribution in [3.8, 4) is 0 Å². The second-order valence-electron chi connectivity index (χ2n) is 7.03. The van der Waals surface area contributed by atoms with Crippen LogP contribution in [-0.2, 0) is 6.54 Å². The number of benzene rings is 1. The molecule has 1 aromatic heterocycles. The van der Waals surface area contributed by atoms with Gasteiger partial charge in [0.15, 0.2) is 0 Å². The summed E-state index contributed by atoms with van der Waals surface area (Å²) < 4.78 is 0. The average Bonchev–Trinajstić information content (AvgIpc) is 2.62. The lowest BCUT2D eigenvalue weighted by atomic mass is 9.94. The number of amides is 1. The van der Waals surface area contributed by atoms with Crippen LogP contribution in [-0.4, -0.2) is 46.3 Å². The molecular weight excluding hydrogens is 312 g/mol. The van der Waals surface area contributed by atoms with Crippen LogP contribution in [0.2, 0.25) is 0 Å². The fourth-order valence-electron chi connectivity index (χ4n) is 3.38. The predicted octanol–water partition coefficient (Wildman–Crippen LogP) is 3.21. The molecule has 2 heterocycles. The van der Waals surface area contributed by atoms with Gasteiger partial charge >= 0.3 is 0 Å². The second-order valence-corrected chi connectivity index (χ2v) is 7.03. The first-order valence-electron chi connectivity index (χ1n) is 8.88. The molecule has 3 rings (SSSR count). The van der Waals surface area contributed by atoms with E-state index < -0.39 is 0 Å². The van der Waals surface area contributed by atoms with Crippen molar-refractivity contribution in [3.63, 3.8) is 0 Å². The third-order valence-corrected chi connectivity index (χ3v) is 4.63. The van der Waals surface area contributed by atoms with Crippen molar-refractivity contribution >= 4 is 5.91 Å². The molecule has 0 radical (unpaired) electrons. The van der Waals surface area contributed by atoms with Gasteiger partial charge in [0.2, 0.25) is 0 Å². The molecular formula is C20H26N4O. The summed E-state index contributed by atoms with van der Waals surface area (Å²) >= 11 is 0. The number of piperidine rings is 1. The van der Waals surface area contributed by atoms with E-state index in [-0.39, 0.29) is 11.9 Å². The van der Waals surface area contributed by atoms with Crippen molar-refractivity contribution in [2.45, 2.75) is 38.8 Å². The van der Waals surface area contributed by atoms with Gasteiger partial charge in [-0.25, -0.2) is 4.98 Å². The van der Waals surface area contributed by atoms with E-state index in [1.54, 1.807) is 12.4 Å². The van der Waals surface area contributed by atoms with Gasteiger partial charge in [0.1, 0.15) is 5.69 Å². The first kappa shape index (κ1) is 17.5. The van der Waals surface area contributed by atoms with E-state index in [2.05, 4.69) is 53.2 Å². The Morgan fingerprint density at radius 2 is 1.92 bits per heavy atom. The highest BCUT2D eigenvalue weighted by Crippen LogP contribution is 2.32. The maximum atomic E-state index is 12.9.